The van der Waals surface area contributed by atoms with Gasteiger partial charge in [-0.15, -0.1) is 11.3 Å². The SMILES string of the molecule is O=C(c1cc2c(N3CCNCC3)cccc2s1)N1CC2(CCCNC2)C1. The van der Waals surface area contributed by atoms with Crippen LogP contribution in [0.5, 0.6) is 0 Å². The smallest absolute Gasteiger partial charge is 0.264 e. The molecule has 5 nitrogen and oxygen atoms in total. The fraction of sp³-hybridized carbons (Fsp3) is 0.550. The molecule has 0 saturated carbocycles. The molecular formula is C20H26N4OS. The van der Waals surface area contributed by atoms with Crippen LogP contribution < -0.4 is 15.5 Å². The zero-order chi connectivity index (χ0) is 17.6. The van der Waals surface area contributed by atoms with Crippen molar-refractivity contribution in [2.45, 2.75) is 12.8 Å². The Labute approximate surface area is 158 Å². The maximum absolute atomic E-state index is 13.0. The van der Waals surface area contributed by atoms with E-state index >= 15 is 0 Å². The van der Waals surface area contributed by atoms with Crippen LogP contribution in [0.4, 0.5) is 5.69 Å². The summed E-state index contributed by atoms with van der Waals surface area (Å²) in [5, 5.41) is 8.14. The maximum atomic E-state index is 13.0. The van der Waals surface area contributed by atoms with E-state index in [4.69, 9.17) is 0 Å². The number of likely N-dealkylation sites (tertiary alicyclic amines) is 1. The molecule has 1 aromatic heterocycles. The number of piperidine rings is 1. The molecule has 3 aliphatic heterocycles. The number of rotatable bonds is 2. The van der Waals surface area contributed by atoms with Crippen molar-refractivity contribution in [1.29, 1.82) is 0 Å². The van der Waals surface area contributed by atoms with Crippen LogP contribution in [-0.2, 0) is 0 Å². The number of carbonyl (C=O) groups excluding carboxylic acids is 1. The second-order valence-corrected chi connectivity index (χ2v) is 9.06. The first-order valence-electron chi connectivity index (χ1n) is 9.72. The van der Waals surface area contributed by atoms with Crippen molar-refractivity contribution in [3.63, 3.8) is 0 Å². The fourth-order valence-corrected chi connectivity index (χ4v) is 5.75. The van der Waals surface area contributed by atoms with Gasteiger partial charge in [0, 0.05) is 67.0 Å². The zero-order valence-corrected chi connectivity index (χ0v) is 15.9. The average molecular weight is 371 g/mol. The van der Waals surface area contributed by atoms with Crippen LogP contribution in [0.3, 0.4) is 0 Å². The van der Waals surface area contributed by atoms with Gasteiger partial charge < -0.3 is 20.4 Å². The Morgan fingerprint density at radius 2 is 1.96 bits per heavy atom. The number of thiophene rings is 1. The van der Waals surface area contributed by atoms with Crippen LogP contribution >= 0.6 is 11.3 Å². The molecule has 0 aliphatic carbocycles. The molecule has 0 atom stereocenters. The summed E-state index contributed by atoms with van der Waals surface area (Å²) in [6.07, 6.45) is 2.49. The molecule has 0 unspecified atom stereocenters. The number of nitrogens with one attached hydrogen (secondary N) is 2. The third-order valence-corrected chi connectivity index (χ3v) is 7.20. The van der Waals surface area contributed by atoms with Crippen molar-refractivity contribution in [2.75, 3.05) is 57.3 Å². The number of anilines is 1. The number of piperazine rings is 1. The van der Waals surface area contributed by atoms with Gasteiger partial charge in [0.25, 0.3) is 5.91 Å². The Hall–Kier alpha value is -1.63. The summed E-state index contributed by atoms with van der Waals surface area (Å²) in [6.45, 7) is 8.12. The Morgan fingerprint density at radius 1 is 1.12 bits per heavy atom. The minimum absolute atomic E-state index is 0.216. The molecule has 6 heteroatoms. The third-order valence-electron chi connectivity index (χ3n) is 6.11. The Kier molecular flexibility index (Phi) is 4.14. The Morgan fingerprint density at radius 3 is 2.73 bits per heavy atom. The summed E-state index contributed by atoms with van der Waals surface area (Å²) >= 11 is 1.65. The van der Waals surface area contributed by atoms with Gasteiger partial charge in [-0.05, 0) is 37.6 Å². The minimum atomic E-state index is 0.216. The second kappa shape index (κ2) is 6.51. The lowest BCUT2D eigenvalue weighted by Crippen LogP contribution is -2.63. The summed E-state index contributed by atoms with van der Waals surface area (Å²) in [7, 11) is 0. The highest BCUT2D eigenvalue weighted by Gasteiger charge is 2.45. The predicted octanol–water partition coefficient (Wildman–Crippen LogP) is 2.14. The summed E-state index contributed by atoms with van der Waals surface area (Å²) in [6, 6.07) is 8.59. The van der Waals surface area contributed by atoms with Crippen molar-refractivity contribution < 1.29 is 4.79 Å². The van der Waals surface area contributed by atoms with Gasteiger partial charge in [0.15, 0.2) is 0 Å². The maximum Gasteiger partial charge on any atom is 0.264 e. The molecule has 2 aromatic rings. The van der Waals surface area contributed by atoms with E-state index in [1.807, 2.05) is 4.90 Å². The number of nitrogens with zero attached hydrogens (tertiary/aromatic N) is 2. The van der Waals surface area contributed by atoms with E-state index in [-0.39, 0.29) is 5.91 Å². The van der Waals surface area contributed by atoms with E-state index in [1.165, 1.54) is 28.6 Å². The molecular weight excluding hydrogens is 344 g/mol. The molecule has 5 rings (SSSR count). The van der Waals surface area contributed by atoms with Gasteiger partial charge >= 0.3 is 0 Å². The molecule has 4 heterocycles. The van der Waals surface area contributed by atoms with E-state index < -0.39 is 0 Å². The van der Waals surface area contributed by atoms with Gasteiger partial charge in [-0.2, -0.15) is 0 Å². The highest BCUT2D eigenvalue weighted by atomic mass is 32.1. The van der Waals surface area contributed by atoms with Gasteiger partial charge in [0.05, 0.1) is 4.88 Å². The normalized spacial score (nSPS) is 22.6. The lowest BCUT2D eigenvalue weighted by Gasteiger charge is -2.52. The number of carbonyl (C=O) groups is 1. The van der Waals surface area contributed by atoms with Crippen molar-refractivity contribution in [3.8, 4) is 0 Å². The van der Waals surface area contributed by atoms with E-state index in [9.17, 15) is 4.79 Å². The van der Waals surface area contributed by atoms with Gasteiger partial charge in [-0.25, -0.2) is 0 Å². The summed E-state index contributed by atoms with van der Waals surface area (Å²) in [4.78, 5) is 18.4. The van der Waals surface area contributed by atoms with Crippen LogP contribution in [0.1, 0.15) is 22.5 Å². The first kappa shape index (κ1) is 16.5. The van der Waals surface area contributed by atoms with Gasteiger partial charge in [-0.1, -0.05) is 6.07 Å². The molecule has 0 bridgehead atoms. The average Bonchev–Trinajstić information content (AvgIpc) is 3.11. The molecule has 1 aromatic carbocycles. The van der Waals surface area contributed by atoms with Crippen molar-refractivity contribution in [3.05, 3.63) is 29.1 Å². The van der Waals surface area contributed by atoms with E-state index in [1.54, 1.807) is 11.3 Å². The Balaban J connectivity index is 1.37. The quantitative estimate of drug-likeness (QED) is 0.850. The molecule has 1 amide bonds. The summed E-state index contributed by atoms with van der Waals surface area (Å²) in [5.41, 5.74) is 1.62. The molecule has 3 saturated heterocycles. The second-order valence-electron chi connectivity index (χ2n) is 7.98. The lowest BCUT2D eigenvalue weighted by molar-refractivity contribution is -0.00688. The largest absolute Gasteiger partial charge is 0.368 e. The molecule has 138 valence electrons. The molecule has 26 heavy (non-hydrogen) atoms. The standard InChI is InChI=1S/C20H26N4OS/c25-19(24-13-20(14-24)5-2-6-22-12-20)18-11-15-16(3-1-4-17(15)26-18)23-9-7-21-8-10-23/h1,3-4,11,21-22H,2,5-10,12-14H2. The van der Waals surface area contributed by atoms with Crippen LogP contribution in [0.15, 0.2) is 24.3 Å². The van der Waals surface area contributed by atoms with Crippen LogP contribution in [0.25, 0.3) is 10.1 Å². The summed E-state index contributed by atoms with van der Waals surface area (Å²) < 4.78 is 1.22. The van der Waals surface area contributed by atoms with Gasteiger partial charge in [-0.3, -0.25) is 4.79 Å². The number of benzene rings is 1. The van der Waals surface area contributed by atoms with Crippen LogP contribution in [-0.4, -0.2) is 63.2 Å². The minimum Gasteiger partial charge on any atom is -0.368 e. The zero-order valence-electron chi connectivity index (χ0n) is 15.1. The van der Waals surface area contributed by atoms with E-state index in [0.717, 1.165) is 57.2 Å². The predicted molar refractivity (Wildman–Crippen MR) is 107 cm³/mol. The highest BCUT2D eigenvalue weighted by molar-refractivity contribution is 7.20. The van der Waals surface area contributed by atoms with Gasteiger partial charge in [0.1, 0.15) is 0 Å². The van der Waals surface area contributed by atoms with Crippen LogP contribution in [0, 0.1) is 5.41 Å². The van der Waals surface area contributed by atoms with Crippen molar-refractivity contribution in [2.24, 2.45) is 5.41 Å². The molecule has 2 N–H and O–H groups in total. The number of amides is 1. The lowest BCUT2D eigenvalue weighted by atomic mass is 9.74. The molecule has 1 spiro atoms. The summed E-state index contributed by atoms with van der Waals surface area (Å²) in [5.74, 6) is 0.216. The van der Waals surface area contributed by atoms with Gasteiger partial charge in [0.2, 0.25) is 0 Å². The number of fused-ring (bicyclic) bond motifs is 1. The fourth-order valence-electron chi connectivity index (χ4n) is 4.70. The molecule has 3 fully saturated rings. The topological polar surface area (TPSA) is 47.6 Å². The monoisotopic (exact) mass is 370 g/mol. The van der Waals surface area contributed by atoms with Crippen molar-refractivity contribution in [1.82, 2.24) is 15.5 Å². The first-order chi connectivity index (χ1) is 12.7. The van der Waals surface area contributed by atoms with Crippen molar-refractivity contribution >= 4 is 33.0 Å². The molecule has 0 radical (unpaired) electrons. The van der Waals surface area contributed by atoms with E-state index in [2.05, 4.69) is 39.8 Å². The first-order valence-corrected chi connectivity index (χ1v) is 10.5. The van der Waals surface area contributed by atoms with E-state index in [0.29, 0.717) is 5.41 Å². The number of hydrogen-bond donors (Lipinski definition) is 2. The number of hydrogen-bond acceptors (Lipinski definition) is 5. The Bertz CT molecular complexity index is 812. The highest BCUT2D eigenvalue weighted by Crippen LogP contribution is 2.39. The van der Waals surface area contributed by atoms with Crippen LogP contribution in [0.2, 0.25) is 0 Å². The molecule has 3 aliphatic rings. The third kappa shape index (κ3) is 2.80.